The van der Waals surface area contributed by atoms with E-state index in [9.17, 15) is 4.79 Å². The molecule has 1 amide bonds. The van der Waals surface area contributed by atoms with Gasteiger partial charge in [0.2, 0.25) is 0 Å². The van der Waals surface area contributed by atoms with E-state index in [1.165, 1.54) is 0 Å². The van der Waals surface area contributed by atoms with Gasteiger partial charge in [-0.15, -0.1) is 0 Å². The zero-order valence-electron chi connectivity index (χ0n) is 17.7. The van der Waals surface area contributed by atoms with Crippen LogP contribution in [0, 0.1) is 0 Å². The topological polar surface area (TPSA) is 67.4 Å². The third-order valence-electron chi connectivity index (χ3n) is 5.57. The Balaban J connectivity index is 1.55. The lowest BCUT2D eigenvalue weighted by molar-refractivity contribution is -0.0778. The van der Waals surface area contributed by atoms with E-state index in [0.717, 1.165) is 35.2 Å². The Morgan fingerprint density at radius 2 is 1.87 bits per heavy atom. The number of hydrogen-bond donors (Lipinski definition) is 1. The van der Waals surface area contributed by atoms with E-state index in [0.29, 0.717) is 12.1 Å². The molecule has 1 fully saturated rings. The summed E-state index contributed by atoms with van der Waals surface area (Å²) in [5.41, 5.74) is 3.16. The van der Waals surface area contributed by atoms with E-state index in [1.807, 2.05) is 42.5 Å². The zero-order valence-corrected chi connectivity index (χ0v) is 17.7. The molecule has 1 N–H and O–H groups in total. The van der Waals surface area contributed by atoms with Gasteiger partial charge in [0.1, 0.15) is 0 Å². The second kappa shape index (κ2) is 8.90. The molecule has 2 aromatic heterocycles. The van der Waals surface area contributed by atoms with Gasteiger partial charge in [0.25, 0.3) is 5.91 Å². The lowest BCUT2D eigenvalue weighted by Gasteiger charge is -2.39. The Kier molecular flexibility index (Phi) is 6.06. The van der Waals surface area contributed by atoms with E-state index < -0.39 is 0 Å². The average molecular weight is 405 g/mol. The number of nitrogens with zero attached hydrogens (tertiary/aromatic N) is 3. The maximum absolute atomic E-state index is 13.2. The van der Waals surface area contributed by atoms with Gasteiger partial charge < -0.3 is 10.1 Å². The fourth-order valence-corrected chi connectivity index (χ4v) is 4.08. The van der Waals surface area contributed by atoms with Crippen LogP contribution in [0.4, 0.5) is 0 Å². The molecule has 3 unspecified atom stereocenters. The summed E-state index contributed by atoms with van der Waals surface area (Å²) in [6.07, 6.45) is 3.88. The first-order chi connectivity index (χ1) is 14.5. The number of amides is 1. The quantitative estimate of drug-likeness (QED) is 0.705. The molecule has 6 nitrogen and oxygen atoms in total. The zero-order chi connectivity index (χ0) is 21.1. The molecule has 1 aromatic carbocycles. The number of rotatable bonds is 5. The molecule has 3 aromatic rings. The lowest BCUT2D eigenvalue weighted by atomic mass is 10.0. The molecule has 0 saturated carbocycles. The van der Waals surface area contributed by atoms with Gasteiger partial charge in [-0.1, -0.05) is 18.2 Å². The highest BCUT2D eigenvalue weighted by Crippen LogP contribution is 2.24. The highest BCUT2D eigenvalue weighted by atomic mass is 16.5. The molecule has 0 aliphatic carbocycles. The molecule has 1 aliphatic heterocycles. The summed E-state index contributed by atoms with van der Waals surface area (Å²) in [7, 11) is 0. The lowest BCUT2D eigenvalue weighted by Crippen LogP contribution is -2.52. The fraction of sp³-hybridized carbons (Fsp3) is 0.375. The highest BCUT2D eigenvalue weighted by Gasteiger charge is 2.26. The van der Waals surface area contributed by atoms with Gasteiger partial charge in [-0.25, -0.2) is 4.98 Å². The van der Waals surface area contributed by atoms with Gasteiger partial charge in [0.05, 0.1) is 29.0 Å². The number of morpholine rings is 1. The largest absolute Gasteiger partial charge is 0.373 e. The van der Waals surface area contributed by atoms with Crippen LogP contribution >= 0.6 is 0 Å². The first-order valence-electron chi connectivity index (χ1n) is 10.5. The van der Waals surface area contributed by atoms with Crippen molar-refractivity contribution in [2.75, 3.05) is 19.6 Å². The number of para-hydroxylation sites is 1. The Hall–Kier alpha value is -2.83. The minimum absolute atomic E-state index is 0.0786. The molecule has 0 bridgehead atoms. The Morgan fingerprint density at radius 3 is 2.60 bits per heavy atom. The Labute approximate surface area is 177 Å². The molecule has 0 spiro atoms. The van der Waals surface area contributed by atoms with Gasteiger partial charge in [-0.3, -0.25) is 14.7 Å². The first-order valence-corrected chi connectivity index (χ1v) is 10.5. The average Bonchev–Trinajstić information content (AvgIpc) is 2.76. The van der Waals surface area contributed by atoms with Gasteiger partial charge in [0, 0.05) is 49.0 Å². The second-order valence-electron chi connectivity index (χ2n) is 8.08. The Bertz CT molecular complexity index is 1010. The molecular weight excluding hydrogens is 376 g/mol. The van der Waals surface area contributed by atoms with Crippen LogP contribution in [0.2, 0.25) is 0 Å². The van der Waals surface area contributed by atoms with Crippen LogP contribution in [0.1, 0.15) is 31.1 Å². The molecule has 3 heterocycles. The second-order valence-corrected chi connectivity index (χ2v) is 8.08. The number of hydrogen-bond acceptors (Lipinski definition) is 5. The van der Waals surface area contributed by atoms with E-state index in [-0.39, 0.29) is 24.2 Å². The molecule has 1 saturated heterocycles. The van der Waals surface area contributed by atoms with E-state index in [4.69, 9.17) is 9.72 Å². The van der Waals surface area contributed by atoms with Gasteiger partial charge >= 0.3 is 0 Å². The highest BCUT2D eigenvalue weighted by molar-refractivity contribution is 6.07. The minimum atomic E-state index is -0.0786. The van der Waals surface area contributed by atoms with Crippen LogP contribution in [0.3, 0.4) is 0 Å². The predicted octanol–water partition coefficient (Wildman–Crippen LogP) is 3.52. The van der Waals surface area contributed by atoms with Crippen LogP contribution in [-0.2, 0) is 4.74 Å². The third kappa shape index (κ3) is 4.50. The van der Waals surface area contributed by atoms with Crippen molar-refractivity contribution >= 4 is 16.8 Å². The van der Waals surface area contributed by atoms with E-state index >= 15 is 0 Å². The molecule has 3 atom stereocenters. The fourth-order valence-electron chi connectivity index (χ4n) is 4.08. The van der Waals surface area contributed by atoms with Crippen molar-refractivity contribution in [3.8, 4) is 11.3 Å². The maximum atomic E-state index is 13.2. The number of pyridine rings is 2. The Morgan fingerprint density at radius 1 is 1.17 bits per heavy atom. The van der Waals surface area contributed by atoms with Crippen molar-refractivity contribution in [3.05, 3.63) is 60.4 Å². The van der Waals surface area contributed by atoms with Crippen molar-refractivity contribution in [2.24, 2.45) is 0 Å². The summed E-state index contributed by atoms with van der Waals surface area (Å²) in [5, 5.41) is 3.99. The van der Waals surface area contributed by atoms with Crippen molar-refractivity contribution in [2.45, 2.75) is 39.0 Å². The van der Waals surface area contributed by atoms with Gasteiger partial charge in [-0.2, -0.15) is 0 Å². The van der Waals surface area contributed by atoms with Crippen LogP contribution in [-0.4, -0.2) is 58.7 Å². The molecule has 0 radical (unpaired) electrons. The summed E-state index contributed by atoms with van der Waals surface area (Å²) >= 11 is 0. The van der Waals surface area contributed by atoms with Crippen molar-refractivity contribution in [1.82, 2.24) is 20.2 Å². The van der Waals surface area contributed by atoms with E-state index in [1.54, 1.807) is 12.4 Å². The minimum Gasteiger partial charge on any atom is -0.373 e. The number of carbonyl (C=O) groups is 1. The molecule has 4 rings (SSSR count). The normalized spacial score (nSPS) is 20.8. The smallest absolute Gasteiger partial charge is 0.252 e. The molecule has 6 heteroatoms. The number of nitrogens with one attached hydrogen (secondary N) is 1. The van der Waals surface area contributed by atoms with Crippen LogP contribution < -0.4 is 5.32 Å². The predicted molar refractivity (Wildman–Crippen MR) is 118 cm³/mol. The maximum Gasteiger partial charge on any atom is 0.252 e. The number of carbonyl (C=O) groups excluding carboxylic acids is 1. The monoisotopic (exact) mass is 404 g/mol. The van der Waals surface area contributed by atoms with Crippen LogP contribution in [0.25, 0.3) is 22.2 Å². The van der Waals surface area contributed by atoms with Crippen molar-refractivity contribution < 1.29 is 9.53 Å². The van der Waals surface area contributed by atoms with Gasteiger partial charge in [-0.05, 0) is 45.0 Å². The summed E-state index contributed by atoms with van der Waals surface area (Å²) in [5.74, 6) is -0.0786. The summed E-state index contributed by atoms with van der Waals surface area (Å²) in [4.78, 5) is 24.4. The summed E-state index contributed by atoms with van der Waals surface area (Å²) < 4.78 is 5.82. The van der Waals surface area contributed by atoms with E-state index in [2.05, 4.69) is 36.0 Å². The first kappa shape index (κ1) is 20.4. The molecular formula is C24H28N4O2. The van der Waals surface area contributed by atoms with Crippen LogP contribution in [0.5, 0.6) is 0 Å². The number of fused-ring (bicyclic) bond motifs is 1. The van der Waals surface area contributed by atoms with Crippen LogP contribution in [0.15, 0.2) is 54.9 Å². The van der Waals surface area contributed by atoms with Crippen molar-refractivity contribution in [1.29, 1.82) is 0 Å². The SMILES string of the molecule is CC1CN(C(C)CNC(=O)c2cc(-c3ccncc3)nc3ccccc23)CC(C)O1. The summed E-state index contributed by atoms with van der Waals surface area (Å²) in [6, 6.07) is 13.7. The summed E-state index contributed by atoms with van der Waals surface area (Å²) in [6.45, 7) is 8.69. The standard InChI is InChI=1S/C24H28N4O2/c1-16(28-14-17(2)30-18(3)15-28)13-26-24(29)21-12-23(19-8-10-25-11-9-19)27-22-7-5-4-6-20(21)22/h4-12,16-18H,13-15H2,1-3H3,(H,26,29). The molecule has 1 aliphatic rings. The van der Waals surface area contributed by atoms with Gasteiger partial charge in [0.15, 0.2) is 0 Å². The number of benzene rings is 1. The molecule has 30 heavy (non-hydrogen) atoms. The van der Waals surface area contributed by atoms with Crippen molar-refractivity contribution in [3.63, 3.8) is 0 Å². The number of aromatic nitrogens is 2. The third-order valence-corrected chi connectivity index (χ3v) is 5.57. The number of ether oxygens (including phenoxy) is 1. The molecule has 156 valence electrons.